The van der Waals surface area contributed by atoms with Crippen LogP contribution in [0.2, 0.25) is 0 Å². The standard InChI is InChI=1S/C17H28N2O/c1-12(2)13-4-17(5-13)10-19(11-17)15(20)14-6-16(7-14)8-18(3)9-16/h12-14H,4-11H2,1-3H3. The summed E-state index contributed by atoms with van der Waals surface area (Å²) >= 11 is 0. The van der Waals surface area contributed by atoms with Crippen LogP contribution in [0.15, 0.2) is 0 Å². The van der Waals surface area contributed by atoms with Crippen LogP contribution in [0.1, 0.15) is 39.5 Å². The second-order valence-corrected chi connectivity index (χ2v) is 8.88. The smallest absolute Gasteiger partial charge is 0.225 e. The van der Waals surface area contributed by atoms with Gasteiger partial charge in [-0.15, -0.1) is 0 Å². The summed E-state index contributed by atoms with van der Waals surface area (Å²) < 4.78 is 0. The molecule has 0 aromatic carbocycles. The maximum Gasteiger partial charge on any atom is 0.225 e. The highest BCUT2D eigenvalue weighted by Gasteiger charge is 2.58. The Morgan fingerprint density at radius 2 is 1.55 bits per heavy atom. The summed E-state index contributed by atoms with van der Waals surface area (Å²) in [6.45, 7) is 9.25. The van der Waals surface area contributed by atoms with Crippen molar-refractivity contribution in [3.63, 3.8) is 0 Å². The molecule has 2 saturated heterocycles. The third kappa shape index (κ3) is 1.78. The minimum atomic E-state index is 0.363. The quantitative estimate of drug-likeness (QED) is 0.772. The van der Waals surface area contributed by atoms with Gasteiger partial charge in [0.2, 0.25) is 5.91 Å². The molecule has 3 nitrogen and oxygen atoms in total. The molecule has 2 saturated carbocycles. The van der Waals surface area contributed by atoms with E-state index in [1.807, 2.05) is 0 Å². The topological polar surface area (TPSA) is 23.6 Å². The zero-order chi connectivity index (χ0) is 14.1. The van der Waals surface area contributed by atoms with E-state index in [4.69, 9.17) is 0 Å². The van der Waals surface area contributed by atoms with Crippen LogP contribution < -0.4 is 0 Å². The average molecular weight is 276 g/mol. The molecule has 3 heteroatoms. The normalized spacial score (nSPS) is 34.6. The molecule has 2 aliphatic carbocycles. The van der Waals surface area contributed by atoms with E-state index in [0.717, 1.165) is 37.8 Å². The SMILES string of the molecule is CC(C)C1CC2(C1)CN(C(=O)C1CC3(C1)CN(C)C3)C2. The summed E-state index contributed by atoms with van der Waals surface area (Å²) in [6, 6.07) is 0. The summed E-state index contributed by atoms with van der Waals surface area (Å²) in [4.78, 5) is 17.0. The number of hydrogen-bond donors (Lipinski definition) is 0. The second kappa shape index (κ2) is 4.00. The number of likely N-dealkylation sites (tertiary alicyclic amines) is 2. The highest BCUT2D eigenvalue weighted by molar-refractivity contribution is 5.81. The summed E-state index contributed by atoms with van der Waals surface area (Å²) in [7, 11) is 2.18. The van der Waals surface area contributed by atoms with Crippen LogP contribution >= 0.6 is 0 Å². The van der Waals surface area contributed by atoms with Crippen molar-refractivity contribution in [3.05, 3.63) is 0 Å². The molecule has 0 N–H and O–H groups in total. The van der Waals surface area contributed by atoms with Gasteiger partial charge in [0.15, 0.2) is 0 Å². The molecule has 0 aromatic rings. The van der Waals surface area contributed by atoms with Crippen molar-refractivity contribution in [1.82, 2.24) is 9.80 Å². The minimum absolute atomic E-state index is 0.363. The van der Waals surface area contributed by atoms with E-state index in [1.54, 1.807) is 0 Å². The van der Waals surface area contributed by atoms with Gasteiger partial charge in [0.25, 0.3) is 0 Å². The Bertz CT molecular complexity index is 416. The first-order valence-corrected chi connectivity index (χ1v) is 8.38. The molecule has 112 valence electrons. The maximum absolute atomic E-state index is 12.5. The lowest BCUT2D eigenvalue weighted by Gasteiger charge is -2.63. The Morgan fingerprint density at radius 3 is 2.05 bits per heavy atom. The molecule has 0 radical (unpaired) electrons. The van der Waals surface area contributed by atoms with E-state index in [9.17, 15) is 4.79 Å². The van der Waals surface area contributed by atoms with Crippen LogP contribution in [0.5, 0.6) is 0 Å². The van der Waals surface area contributed by atoms with Crippen LogP contribution in [0.4, 0.5) is 0 Å². The fourth-order valence-electron chi connectivity index (χ4n) is 5.48. The summed E-state index contributed by atoms with van der Waals surface area (Å²) in [5, 5.41) is 0. The predicted molar refractivity (Wildman–Crippen MR) is 79.2 cm³/mol. The minimum Gasteiger partial charge on any atom is -0.341 e. The zero-order valence-corrected chi connectivity index (χ0v) is 13.2. The summed E-state index contributed by atoms with van der Waals surface area (Å²) in [5.74, 6) is 2.59. The Hall–Kier alpha value is -0.570. The van der Waals surface area contributed by atoms with E-state index in [0.29, 0.717) is 22.7 Å². The third-order valence-corrected chi connectivity index (χ3v) is 6.62. The van der Waals surface area contributed by atoms with Crippen molar-refractivity contribution in [2.75, 3.05) is 33.2 Å². The van der Waals surface area contributed by atoms with Crippen molar-refractivity contribution >= 4 is 5.91 Å². The summed E-state index contributed by atoms with van der Waals surface area (Å²) in [5.41, 5.74) is 1.08. The van der Waals surface area contributed by atoms with Gasteiger partial charge in [0, 0.05) is 37.5 Å². The number of nitrogens with zero attached hydrogens (tertiary/aromatic N) is 2. The Kier molecular flexibility index (Phi) is 2.62. The van der Waals surface area contributed by atoms with Gasteiger partial charge in [0.05, 0.1) is 0 Å². The lowest BCUT2D eigenvalue weighted by Crippen LogP contribution is -2.68. The van der Waals surface area contributed by atoms with Crippen molar-refractivity contribution in [2.45, 2.75) is 39.5 Å². The number of hydrogen-bond acceptors (Lipinski definition) is 2. The molecule has 0 bridgehead atoms. The van der Waals surface area contributed by atoms with E-state index >= 15 is 0 Å². The largest absolute Gasteiger partial charge is 0.341 e. The van der Waals surface area contributed by atoms with E-state index in [1.165, 1.54) is 25.9 Å². The Balaban J connectivity index is 1.23. The van der Waals surface area contributed by atoms with Gasteiger partial charge in [0.1, 0.15) is 0 Å². The lowest BCUT2D eigenvalue weighted by atomic mass is 9.54. The molecule has 0 unspecified atom stereocenters. The zero-order valence-electron chi connectivity index (χ0n) is 13.2. The highest BCUT2D eigenvalue weighted by atomic mass is 16.2. The first-order valence-electron chi connectivity index (χ1n) is 8.38. The summed E-state index contributed by atoms with van der Waals surface area (Å²) in [6.07, 6.45) is 5.06. The molecular formula is C17H28N2O. The lowest BCUT2D eigenvalue weighted by molar-refractivity contribution is -0.175. The highest BCUT2D eigenvalue weighted by Crippen LogP contribution is 2.56. The van der Waals surface area contributed by atoms with Crippen LogP contribution in [0.3, 0.4) is 0 Å². The molecule has 4 fully saturated rings. The van der Waals surface area contributed by atoms with Crippen molar-refractivity contribution in [3.8, 4) is 0 Å². The number of rotatable bonds is 2. The molecule has 2 aliphatic heterocycles. The van der Waals surface area contributed by atoms with Crippen LogP contribution in [0.25, 0.3) is 0 Å². The van der Waals surface area contributed by atoms with Gasteiger partial charge in [-0.05, 0) is 50.0 Å². The van der Waals surface area contributed by atoms with Gasteiger partial charge in [-0.25, -0.2) is 0 Å². The molecule has 1 amide bonds. The molecule has 4 aliphatic rings. The fourth-order valence-corrected chi connectivity index (χ4v) is 5.48. The molecule has 20 heavy (non-hydrogen) atoms. The maximum atomic E-state index is 12.5. The van der Waals surface area contributed by atoms with Crippen LogP contribution in [0, 0.1) is 28.6 Å². The van der Waals surface area contributed by atoms with Crippen molar-refractivity contribution in [1.29, 1.82) is 0 Å². The predicted octanol–water partition coefficient (Wildman–Crippen LogP) is 2.22. The van der Waals surface area contributed by atoms with Crippen LogP contribution in [-0.4, -0.2) is 48.9 Å². The molecular weight excluding hydrogens is 248 g/mol. The van der Waals surface area contributed by atoms with Gasteiger partial charge >= 0.3 is 0 Å². The van der Waals surface area contributed by atoms with Crippen LogP contribution in [-0.2, 0) is 4.79 Å². The molecule has 4 rings (SSSR count). The van der Waals surface area contributed by atoms with E-state index in [-0.39, 0.29) is 0 Å². The molecule has 0 aromatic heterocycles. The van der Waals surface area contributed by atoms with E-state index in [2.05, 4.69) is 30.7 Å². The van der Waals surface area contributed by atoms with Crippen molar-refractivity contribution in [2.24, 2.45) is 28.6 Å². The van der Waals surface area contributed by atoms with Gasteiger partial charge in [-0.2, -0.15) is 0 Å². The number of amides is 1. The van der Waals surface area contributed by atoms with Crippen molar-refractivity contribution < 1.29 is 4.79 Å². The molecule has 2 heterocycles. The third-order valence-electron chi connectivity index (χ3n) is 6.62. The Labute approximate surface area is 122 Å². The average Bonchev–Trinajstić information content (AvgIpc) is 2.16. The monoisotopic (exact) mass is 276 g/mol. The van der Waals surface area contributed by atoms with Gasteiger partial charge in [-0.3, -0.25) is 4.79 Å². The first kappa shape index (κ1) is 13.1. The Morgan fingerprint density at radius 1 is 1.00 bits per heavy atom. The van der Waals surface area contributed by atoms with Gasteiger partial charge < -0.3 is 9.80 Å². The van der Waals surface area contributed by atoms with E-state index < -0.39 is 0 Å². The number of carbonyl (C=O) groups is 1. The fraction of sp³-hybridized carbons (Fsp3) is 0.941. The molecule has 2 spiro atoms. The van der Waals surface area contributed by atoms with Gasteiger partial charge in [-0.1, -0.05) is 13.8 Å². The molecule has 0 atom stereocenters. The number of carbonyl (C=O) groups excluding carboxylic acids is 1. The first-order chi connectivity index (χ1) is 9.40. The second-order valence-electron chi connectivity index (χ2n) is 8.88.